The third kappa shape index (κ3) is 5.46. The van der Waals surface area contributed by atoms with Crippen molar-refractivity contribution in [2.24, 2.45) is 5.92 Å². The van der Waals surface area contributed by atoms with Crippen LogP contribution < -0.4 is 15.5 Å². The van der Waals surface area contributed by atoms with Gasteiger partial charge in [-0.25, -0.2) is 9.59 Å². The summed E-state index contributed by atoms with van der Waals surface area (Å²) >= 11 is 6.05. The molecule has 3 N–H and O–H groups in total. The van der Waals surface area contributed by atoms with Crippen LogP contribution in [0, 0.1) is 5.92 Å². The van der Waals surface area contributed by atoms with Crippen molar-refractivity contribution in [1.29, 1.82) is 0 Å². The van der Waals surface area contributed by atoms with Gasteiger partial charge in [0, 0.05) is 28.5 Å². The number of halogens is 1. The fourth-order valence-electron chi connectivity index (χ4n) is 4.07. The molecule has 7 nitrogen and oxygen atoms in total. The molecule has 0 aliphatic carbocycles. The van der Waals surface area contributed by atoms with E-state index in [1.54, 1.807) is 49.1 Å². The molecule has 4 rings (SSSR count). The fourth-order valence-corrected chi connectivity index (χ4v) is 4.27. The lowest BCUT2D eigenvalue weighted by molar-refractivity contribution is -0.140. The van der Waals surface area contributed by atoms with Gasteiger partial charge in [0.1, 0.15) is 6.04 Å². The number of amides is 3. The first-order valence-corrected chi connectivity index (χ1v) is 11.7. The topological polar surface area (TPSA) is 98.7 Å². The second-order valence-electron chi connectivity index (χ2n) is 8.79. The van der Waals surface area contributed by atoms with Crippen LogP contribution in [0.4, 0.5) is 16.2 Å². The molecule has 3 aromatic carbocycles. The van der Waals surface area contributed by atoms with Crippen molar-refractivity contribution >= 4 is 40.9 Å². The van der Waals surface area contributed by atoms with Crippen LogP contribution >= 0.6 is 11.6 Å². The molecule has 8 heteroatoms. The molecule has 0 spiro atoms. The highest BCUT2D eigenvalue weighted by Gasteiger charge is 2.25. The lowest BCUT2D eigenvalue weighted by atomic mass is 10.0. The molecule has 180 valence electrons. The van der Waals surface area contributed by atoms with E-state index in [9.17, 15) is 19.5 Å². The van der Waals surface area contributed by atoms with Crippen LogP contribution in [0.15, 0.2) is 66.7 Å². The highest BCUT2D eigenvalue weighted by Crippen LogP contribution is 2.31. The highest BCUT2D eigenvalue weighted by molar-refractivity contribution is 6.30. The molecule has 1 heterocycles. The fraction of sp³-hybridized carbons (Fsp3) is 0.222. The first kappa shape index (κ1) is 24.3. The Kier molecular flexibility index (Phi) is 7.07. The first-order chi connectivity index (χ1) is 16.7. The van der Waals surface area contributed by atoms with Gasteiger partial charge in [-0.1, -0.05) is 49.7 Å². The maximum atomic E-state index is 12.8. The average Bonchev–Trinajstić information content (AvgIpc) is 3.25. The van der Waals surface area contributed by atoms with Gasteiger partial charge in [-0.15, -0.1) is 0 Å². The van der Waals surface area contributed by atoms with E-state index in [2.05, 4.69) is 10.6 Å². The molecule has 0 radical (unpaired) electrons. The Morgan fingerprint density at radius 2 is 1.57 bits per heavy atom. The Hall–Kier alpha value is -3.84. The van der Waals surface area contributed by atoms with Gasteiger partial charge in [0.05, 0.1) is 0 Å². The SMILES string of the molecule is CC(C)[C@H](NC(=O)c1ccc(-c2ccc(NC(=O)N3CCc4cc(Cl)ccc43)cc2)cc1)C(=O)O. The molecule has 0 fully saturated rings. The van der Waals surface area contributed by atoms with Gasteiger partial charge in [-0.2, -0.15) is 0 Å². The highest BCUT2D eigenvalue weighted by atomic mass is 35.5. The minimum Gasteiger partial charge on any atom is -0.480 e. The zero-order chi connectivity index (χ0) is 25.1. The standard InChI is InChI=1S/C27H26ClN3O4/c1-16(2)24(26(33)34)30-25(32)19-5-3-17(4-6-19)18-7-10-22(11-8-18)29-27(35)31-14-13-20-15-21(28)9-12-23(20)31/h3-12,15-16,24H,13-14H2,1-2H3,(H,29,35)(H,30,32)(H,33,34)/t24-/m0/s1. The number of carbonyl (C=O) groups excluding carboxylic acids is 2. The molecular formula is C27H26ClN3O4. The number of carboxylic acid groups (broad SMARTS) is 1. The number of nitrogens with zero attached hydrogens (tertiary/aromatic N) is 1. The number of carbonyl (C=O) groups is 3. The number of aliphatic carboxylic acids is 1. The molecule has 1 aliphatic heterocycles. The number of rotatable bonds is 6. The summed E-state index contributed by atoms with van der Waals surface area (Å²) in [6.45, 7) is 4.09. The van der Waals surface area contributed by atoms with E-state index in [4.69, 9.17) is 11.6 Å². The molecule has 1 atom stereocenters. The molecule has 35 heavy (non-hydrogen) atoms. The number of fused-ring (bicyclic) bond motifs is 1. The number of carboxylic acids is 1. The number of nitrogens with one attached hydrogen (secondary N) is 2. The van der Waals surface area contributed by atoms with Crippen molar-refractivity contribution in [2.75, 3.05) is 16.8 Å². The van der Waals surface area contributed by atoms with Gasteiger partial charge in [-0.05, 0) is 71.5 Å². The quantitative estimate of drug-likeness (QED) is 0.427. The minimum atomic E-state index is -1.06. The van der Waals surface area contributed by atoms with Crippen molar-refractivity contribution < 1.29 is 19.5 Å². The normalized spacial score (nSPS) is 13.3. The third-order valence-electron chi connectivity index (χ3n) is 6.02. The maximum Gasteiger partial charge on any atom is 0.326 e. The van der Waals surface area contributed by atoms with E-state index in [1.807, 2.05) is 36.4 Å². The summed E-state index contributed by atoms with van der Waals surface area (Å²) in [7, 11) is 0. The predicted octanol–water partition coefficient (Wildman–Crippen LogP) is 5.44. The predicted molar refractivity (Wildman–Crippen MR) is 137 cm³/mol. The Morgan fingerprint density at radius 1 is 0.943 bits per heavy atom. The molecule has 0 saturated heterocycles. The molecule has 0 aromatic heterocycles. The number of urea groups is 1. The van der Waals surface area contributed by atoms with Crippen molar-refractivity contribution in [1.82, 2.24) is 5.32 Å². The van der Waals surface area contributed by atoms with Crippen molar-refractivity contribution in [3.63, 3.8) is 0 Å². The lowest BCUT2D eigenvalue weighted by Gasteiger charge is -2.18. The monoisotopic (exact) mass is 491 g/mol. The average molecular weight is 492 g/mol. The molecular weight excluding hydrogens is 466 g/mol. The summed E-state index contributed by atoms with van der Waals surface area (Å²) < 4.78 is 0. The van der Waals surface area contributed by atoms with Crippen LogP contribution in [0.1, 0.15) is 29.8 Å². The number of hydrogen-bond acceptors (Lipinski definition) is 3. The molecule has 3 amide bonds. The van der Waals surface area contributed by atoms with Gasteiger partial charge in [0.15, 0.2) is 0 Å². The zero-order valence-electron chi connectivity index (χ0n) is 19.4. The Bertz CT molecular complexity index is 1260. The van der Waals surface area contributed by atoms with E-state index in [0.717, 1.165) is 28.8 Å². The second-order valence-corrected chi connectivity index (χ2v) is 9.23. The first-order valence-electron chi connectivity index (χ1n) is 11.3. The minimum absolute atomic E-state index is 0.199. The van der Waals surface area contributed by atoms with Crippen LogP contribution in [0.5, 0.6) is 0 Å². The van der Waals surface area contributed by atoms with E-state index < -0.39 is 17.9 Å². The van der Waals surface area contributed by atoms with Crippen molar-refractivity contribution in [3.8, 4) is 11.1 Å². The van der Waals surface area contributed by atoms with Crippen LogP contribution in [0.25, 0.3) is 11.1 Å². The Morgan fingerprint density at radius 3 is 2.17 bits per heavy atom. The van der Waals surface area contributed by atoms with Gasteiger partial charge in [-0.3, -0.25) is 9.69 Å². The van der Waals surface area contributed by atoms with E-state index in [-0.39, 0.29) is 11.9 Å². The van der Waals surface area contributed by atoms with Gasteiger partial charge in [0.2, 0.25) is 0 Å². The van der Waals surface area contributed by atoms with Crippen LogP contribution in [-0.4, -0.2) is 35.6 Å². The summed E-state index contributed by atoms with van der Waals surface area (Å²) in [6.07, 6.45) is 0.769. The van der Waals surface area contributed by atoms with Gasteiger partial charge < -0.3 is 15.7 Å². The summed E-state index contributed by atoms with van der Waals surface area (Å²) in [6, 6.07) is 18.8. The zero-order valence-corrected chi connectivity index (χ0v) is 20.2. The molecule has 3 aromatic rings. The Balaban J connectivity index is 1.40. The number of benzene rings is 3. The van der Waals surface area contributed by atoms with E-state index >= 15 is 0 Å². The van der Waals surface area contributed by atoms with Crippen LogP contribution in [-0.2, 0) is 11.2 Å². The largest absolute Gasteiger partial charge is 0.480 e. The molecule has 0 saturated carbocycles. The second kappa shape index (κ2) is 10.2. The van der Waals surface area contributed by atoms with Crippen molar-refractivity contribution in [2.45, 2.75) is 26.3 Å². The van der Waals surface area contributed by atoms with Crippen LogP contribution in [0.3, 0.4) is 0 Å². The number of hydrogen-bond donors (Lipinski definition) is 3. The molecule has 1 aliphatic rings. The summed E-state index contributed by atoms with van der Waals surface area (Å²) in [5.41, 5.74) is 4.80. The summed E-state index contributed by atoms with van der Waals surface area (Å²) in [5.74, 6) is -1.72. The van der Waals surface area contributed by atoms with Crippen LogP contribution in [0.2, 0.25) is 5.02 Å². The van der Waals surface area contributed by atoms with E-state index in [0.29, 0.717) is 22.8 Å². The molecule has 0 bridgehead atoms. The van der Waals surface area contributed by atoms with Gasteiger partial charge in [0.25, 0.3) is 5.91 Å². The smallest absolute Gasteiger partial charge is 0.326 e. The summed E-state index contributed by atoms with van der Waals surface area (Å²) in [4.78, 5) is 38.3. The third-order valence-corrected chi connectivity index (χ3v) is 6.25. The van der Waals surface area contributed by atoms with Gasteiger partial charge >= 0.3 is 12.0 Å². The van der Waals surface area contributed by atoms with E-state index in [1.165, 1.54) is 0 Å². The van der Waals surface area contributed by atoms with Crippen molar-refractivity contribution in [3.05, 3.63) is 82.9 Å². The lowest BCUT2D eigenvalue weighted by Crippen LogP contribution is -2.44. The molecule has 0 unspecified atom stereocenters. The number of anilines is 2. The maximum absolute atomic E-state index is 12.8. The summed E-state index contributed by atoms with van der Waals surface area (Å²) in [5, 5.41) is 15.4. The Labute approximate surface area is 208 Å².